The SMILES string of the molecule is Cc1cccc(SCCCCC(C)N)c1. The minimum Gasteiger partial charge on any atom is -0.328 e. The van der Waals surface area contributed by atoms with Crippen LogP contribution in [0.4, 0.5) is 0 Å². The Hall–Kier alpha value is -0.470. The van der Waals surface area contributed by atoms with Gasteiger partial charge in [-0.2, -0.15) is 0 Å². The van der Waals surface area contributed by atoms with E-state index < -0.39 is 0 Å². The second-order valence-electron chi connectivity index (χ2n) is 4.14. The molecule has 0 heterocycles. The number of nitrogens with two attached hydrogens (primary N) is 1. The first-order chi connectivity index (χ1) is 7.18. The lowest BCUT2D eigenvalue weighted by Gasteiger charge is -2.05. The maximum absolute atomic E-state index is 5.70. The smallest absolute Gasteiger partial charge is 0.00745 e. The van der Waals surface area contributed by atoms with Gasteiger partial charge in [0.2, 0.25) is 0 Å². The first kappa shape index (κ1) is 12.6. The third kappa shape index (κ3) is 5.85. The molecule has 0 saturated heterocycles. The number of thioether (sulfide) groups is 1. The predicted molar refractivity (Wildman–Crippen MR) is 69.4 cm³/mol. The standard InChI is InChI=1S/C13H21NS/c1-11-6-5-8-13(10-11)15-9-4-3-7-12(2)14/h5-6,8,10,12H,3-4,7,9,14H2,1-2H3. The molecule has 1 rings (SSSR count). The van der Waals surface area contributed by atoms with Gasteiger partial charge in [0.1, 0.15) is 0 Å². The number of hydrogen-bond donors (Lipinski definition) is 1. The molecule has 0 aromatic heterocycles. The van der Waals surface area contributed by atoms with Crippen molar-refractivity contribution in [1.82, 2.24) is 0 Å². The molecule has 0 aliphatic carbocycles. The van der Waals surface area contributed by atoms with Crippen molar-refractivity contribution in [1.29, 1.82) is 0 Å². The molecule has 0 aliphatic rings. The molecule has 1 aromatic carbocycles. The Bertz CT molecular complexity index is 284. The van der Waals surface area contributed by atoms with Crippen LogP contribution in [0.3, 0.4) is 0 Å². The van der Waals surface area contributed by atoms with E-state index >= 15 is 0 Å². The minimum atomic E-state index is 0.356. The highest BCUT2D eigenvalue weighted by Gasteiger charge is 1.96. The number of rotatable bonds is 6. The lowest BCUT2D eigenvalue weighted by atomic mass is 10.2. The molecule has 0 amide bonds. The van der Waals surface area contributed by atoms with Crippen LogP contribution in [0.5, 0.6) is 0 Å². The summed E-state index contributed by atoms with van der Waals surface area (Å²) in [5.41, 5.74) is 7.04. The molecule has 15 heavy (non-hydrogen) atoms. The van der Waals surface area contributed by atoms with Crippen LogP contribution in [-0.2, 0) is 0 Å². The van der Waals surface area contributed by atoms with Crippen molar-refractivity contribution in [3.05, 3.63) is 29.8 Å². The van der Waals surface area contributed by atoms with Gasteiger partial charge in [-0.3, -0.25) is 0 Å². The van der Waals surface area contributed by atoms with E-state index in [1.807, 2.05) is 11.8 Å². The average molecular weight is 223 g/mol. The Morgan fingerprint density at radius 3 is 2.80 bits per heavy atom. The fourth-order valence-electron chi connectivity index (χ4n) is 1.46. The number of aryl methyl sites for hydroxylation is 1. The van der Waals surface area contributed by atoms with Crippen LogP contribution in [-0.4, -0.2) is 11.8 Å². The molecule has 1 atom stereocenters. The van der Waals surface area contributed by atoms with E-state index in [-0.39, 0.29) is 0 Å². The number of benzene rings is 1. The van der Waals surface area contributed by atoms with Gasteiger partial charge in [0.15, 0.2) is 0 Å². The van der Waals surface area contributed by atoms with Crippen LogP contribution < -0.4 is 5.73 Å². The molecule has 0 saturated carbocycles. The molecule has 1 nitrogen and oxygen atoms in total. The molecule has 0 spiro atoms. The van der Waals surface area contributed by atoms with Gasteiger partial charge in [-0.25, -0.2) is 0 Å². The summed E-state index contributed by atoms with van der Waals surface area (Å²) in [6, 6.07) is 9.05. The molecule has 1 aromatic rings. The molecule has 2 heteroatoms. The Morgan fingerprint density at radius 2 is 2.13 bits per heavy atom. The summed E-state index contributed by atoms with van der Waals surface area (Å²) in [7, 11) is 0. The van der Waals surface area contributed by atoms with Crippen molar-refractivity contribution in [2.24, 2.45) is 5.73 Å². The van der Waals surface area contributed by atoms with Crippen molar-refractivity contribution in [2.45, 2.75) is 44.0 Å². The fourth-order valence-corrected chi connectivity index (χ4v) is 2.49. The van der Waals surface area contributed by atoms with E-state index in [2.05, 4.69) is 38.1 Å². The average Bonchev–Trinajstić information content (AvgIpc) is 2.17. The van der Waals surface area contributed by atoms with Crippen molar-refractivity contribution in [3.63, 3.8) is 0 Å². The maximum Gasteiger partial charge on any atom is 0.00745 e. The molecule has 0 fully saturated rings. The summed E-state index contributed by atoms with van der Waals surface area (Å²) in [5, 5.41) is 0. The van der Waals surface area contributed by atoms with Crippen LogP contribution in [0.1, 0.15) is 31.7 Å². The Morgan fingerprint density at radius 1 is 1.33 bits per heavy atom. The zero-order valence-corrected chi connectivity index (χ0v) is 10.5. The third-order valence-corrected chi connectivity index (χ3v) is 3.39. The van der Waals surface area contributed by atoms with Gasteiger partial charge in [0.05, 0.1) is 0 Å². The second kappa shape index (κ2) is 6.91. The van der Waals surface area contributed by atoms with Crippen molar-refractivity contribution < 1.29 is 0 Å². The first-order valence-corrected chi connectivity index (χ1v) is 6.62. The fraction of sp³-hybridized carbons (Fsp3) is 0.538. The van der Waals surface area contributed by atoms with Gasteiger partial charge < -0.3 is 5.73 Å². The van der Waals surface area contributed by atoms with Gasteiger partial charge >= 0.3 is 0 Å². The molecule has 1 unspecified atom stereocenters. The van der Waals surface area contributed by atoms with Crippen molar-refractivity contribution in [3.8, 4) is 0 Å². The first-order valence-electron chi connectivity index (χ1n) is 5.63. The summed E-state index contributed by atoms with van der Waals surface area (Å²) in [4.78, 5) is 1.38. The molecule has 0 radical (unpaired) electrons. The molecule has 0 aliphatic heterocycles. The highest BCUT2D eigenvalue weighted by molar-refractivity contribution is 7.99. The Kier molecular flexibility index (Phi) is 5.81. The van der Waals surface area contributed by atoms with E-state index in [1.54, 1.807) is 0 Å². The lowest BCUT2D eigenvalue weighted by Crippen LogP contribution is -2.13. The second-order valence-corrected chi connectivity index (χ2v) is 5.31. The number of hydrogen-bond acceptors (Lipinski definition) is 2. The van der Waals surface area contributed by atoms with E-state index in [0.29, 0.717) is 6.04 Å². The summed E-state index contributed by atoms with van der Waals surface area (Å²) < 4.78 is 0. The molecular weight excluding hydrogens is 202 g/mol. The van der Waals surface area contributed by atoms with Gasteiger partial charge in [0.25, 0.3) is 0 Å². The highest BCUT2D eigenvalue weighted by atomic mass is 32.2. The normalized spacial score (nSPS) is 12.7. The van der Waals surface area contributed by atoms with Gasteiger partial charge in [-0.1, -0.05) is 24.1 Å². The van der Waals surface area contributed by atoms with Crippen LogP contribution in [0.25, 0.3) is 0 Å². The topological polar surface area (TPSA) is 26.0 Å². The van der Waals surface area contributed by atoms with Gasteiger partial charge in [-0.05, 0) is 44.6 Å². The van der Waals surface area contributed by atoms with E-state index in [1.165, 1.54) is 29.1 Å². The molecule has 84 valence electrons. The van der Waals surface area contributed by atoms with Crippen molar-refractivity contribution in [2.75, 3.05) is 5.75 Å². The van der Waals surface area contributed by atoms with Crippen LogP contribution in [0, 0.1) is 6.92 Å². The van der Waals surface area contributed by atoms with Crippen LogP contribution in [0.2, 0.25) is 0 Å². The minimum absolute atomic E-state index is 0.356. The third-order valence-electron chi connectivity index (χ3n) is 2.31. The highest BCUT2D eigenvalue weighted by Crippen LogP contribution is 2.20. The molecule has 0 bridgehead atoms. The summed E-state index contributed by atoms with van der Waals surface area (Å²) in [5.74, 6) is 1.20. The summed E-state index contributed by atoms with van der Waals surface area (Å²) in [6.45, 7) is 4.22. The molecule has 2 N–H and O–H groups in total. The van der Waals surface area contributed by atoms with Gasteiger partial charge in [-0.15, -0.1) is 11.8 Å². The van der Waals surface area contributed by atoms with Crippen molar-refractivity contribution >= 4 is 11.8 Å². The Labute approximate surface area is 97.4 Å². The quantitative estimate of drug-likeness (QED) is 0.589. The predicted octanol–water partition coefficient (Wildman–Crippen LogP) is 3.60. The lowest BCUT2D eigenvalue weighted by molar-refractivity contribution is 0.618. The summed E-state index contributed by atoms with van der Waals surface area (Å²) >= 11 is 1.95. The van der Waals surface area contributed by atoms with Crippen LogP contribution >= 0.6 is 11.8 Å². The van der Waals surface area contributed by atoms with E-state index in [9.17, 15) is 0 Å². The summed E-state index contributed by atoms with van der Waals surface area (Å²) in [6.07, 6.45) is 3.66. The van der Waals surface area contributed by atoms with E-state index in [4.69, 9.17) is 5.73 Å². The Balaban J connectivity index is 2.15. The van der Waals surface area contributed by atoms with Gasteiger partial charge in [0, 0.05) is 10.9 Å². The molecular formula is C13H21NS. The zero-order chi connectivity index (χ0) is 11.1. The monoisotopic (exact) mass is 223 g/mol. The largest absolute Gasteiger partial charge is 0.328 e. The zero-order valence-electron chi connectivity index (χ0n) is 9.70. The van der Waals surface area contributed by atoms with Crippen LogP contribution in [0.15, 0.2) is 29.2 Å². The maximum atomic E-state index is 5.70. The van der Waals surface area contributed by atoms with E-state index in [0.717, 1.165) is 6.42 Å². The number of unbranched alkanes of at least 4 members (excludes halogenated alkanes) is 1.